The van der Waals surface area contributed by atoms with E-state index in [0.29, 0.717) is 0 Å². The standard InChI is InChI=1S/C8H12N2O2/c1-3-5-7(11)10-6-8(12)9-4-2/h3-4H,1-2,5-6H2,(H,9,12)(H,10,11). The van der Waals surface area contributed by atoms with Gasteiger partial charge in [0.2, 0.25) is 11.8 Å². The second-order valence-corrected chi connectivity index (χ2v) is 2.04. The lowest BCUT2D eigenvalue weighted by atomic mass is 10.4. The van der Waals surface area contributed by atoms with E-state index in [1.165, 1.54) is 12.3 Å². The second kappa shape index (κ2) is 6.15. The van der Waals surface area contributed by atoms with Crippen LogP contribution in [0.2, 0.25) is 0 Å². The van der Waals surface area contributed by atoms with E-state index in [4.69, 9.17) is 0 Å². The molecule has 2 amide bonds. The SMILES string of the molecule is C=CCC(=O)NCC(=O)NC=C. The lowest BCUT2D eigenvalue weighted by Gasteiger charge is -2.01. The maximum absolute atomic E-state index is 10.8. The predicted octanol–water partition coefficient (Wildman–Crippen LogP) is -0.0616. The summed E-state index contributed by atoms with van der Waals surface area (Å²) in [6, 6.07) is 0. The quantitative estimate of drug-likeness (QED) is 0.565. The van der Waals surface area contributed by atoms with Crippen LogP contribution in [0, 0.1) is 0 Å². The Kier molecular flexibility index (Phi) is 5.34. The van der Waals surface area contributed by atoms with Gasteiger partial charge < -0.3 is 10.6 Å². The fourth-order valence-corrected chi connectivity index (χ4v) is 0.547. The molecule has 4 heteroatoms. The smallest absolute Gasteiger partial charge is 0.243 e. The summed E-state index contributed by atoms with van der Waals surface area (Å²) in [6.45, 7) is 6.66. The molecule has 0 aliphatic heterocycles. The van der Waals surface area contributed by atoms with Gasteiger partial charge >= 0.3 is 0 Å². The molecule has 0 aliphatic rings. The van der Waals surface area contributed by atoms with Gasteiger partial charge in [0, 0.05) is 6.42 Å². The fourth-order valence-electron chi connectivity index (χ4n) is 0.547. The van der Waals surface area contributed by atoms with Crippen LogP contribution < -0.4 is 10.6 Å². The minimum absolute atomic E-state index is 0.0291. The van der Waals surface area contributed by atoms with Crippen LogP contribution in [0.5, 0.6) is 0 Å². The number of carbonyl (C=O) groups excluding carboxylic acids is 2. The van der Waals surface area contributed by atoms with Gasteiger partial charge in [0.25, 0.3) is 0 Å². The van der Waals surface area contributed by atoms with E-state index >= 15 is 0 Å². The van der Waals surface area contributed by atoms with E-state index < -0.39 is 0 Å². The lowest BCUT2D eigenvalue weighted by Crippen LogP contribution is -2.34. The highest BCUT2D eigenvalue weighted by molar-refractivity contribution is 5.85. The Morgan fingerprint density at radius 1 is 1.25 bits per heavy atom. The van der Waals surface area contributed by atoms with E-state index in [-0.39, 0.29) is 24.8 Å². The number of hydrogen-bond acceptors (Lipinski definition) is 2. The van der Waals surface area contributed by atoms with Crippen molar-refractivity contribution in [2.24, 2.45) is 0 Å². The Morgan fingerprint density at radius 3 is 2.42 bits per heavy atom. The number of carbonyl (C=O) groups is 2. The lowest BCUT2D eigenvalue weighted by molar-refractivity contribution is -0.125. The Morgan fingerprint density at radius 2 is 1.92 bits per heavy atom. The van der Waals surface area contributed by atoms with Crippen LogP contribution in [0.1, 0.15) is 6.42 Å². The minimum atomic E-state index is -0.289. The molecule has 12 heavy (non-hydrogen) atoms. The van der Waals surface area contributed by atoms with Crippen molar-refractivity contribution in [3.05, 3.63) is 25.4 Å². The topological polar surface area (TPSA) is 58.2 Å². The molecule has 0 aliphatic carbocycles. The van der Waals surface area contributed by atoms with Gasteiger partial charge in [-0.25, -0.2) is 0 Å². The van der Waals surface area contributed by atoms with Crippen molar-refractivity contribution in [2.75, 3.05) is 6.54 Å². The number of nitrogens with one attached hydrogen (secondary N) is 2. The molecule has 2 N–H and O–H groups in total. The molecule has 0 heterocycles. The van der Waals surface area contributed by atoms with Crippen LogP contribution in [-0.2, 0) is 9.59 Å². The molecule has 0 rings (SSSR count). The first kappa shape index (κ1) is 10.4. The molecule has 0 aromatic heterocycles. The normalized spacial score (nSPS) is 8.33. The molecule has 66 valence electrons. The third-order valence-electron chi connectivity index (χ3n) is 1.04. The van der Waals surface area contributed by atoms with Crippen molar-refractivity contribution in [2.45, 2.75) is 6.42 Å². The average molecular weight is 168 g/mol. The number of rotatable bonds is 5. The van der Waals surface area contributed by atoms with E-state index in [9.17, 15) is 9.59 Å². The highest BCUT2D eigenvalue weighted by Crippen LogP contribution is 1.78. The first-order valence-corrected chi connectivity index (χ1v) is 3.48. The average Bonchev–Trinajstić information content (AvgIpc) is 2.02. The Balaban J connectivity index is 3.53. The summed E-state index contributed by atoms with van der Waals surface area (Å²) >= 11 is 0. The summed E-state index contributed by atoms with van der Waals surface area (Å²) < 4.78 is 0. The molecular formula is C8H12N2O2. The first-order valence-electron chi connectivity index (χ1n) is 3.48. The molecule has 0 radical (unpaired) electrons. The fraction of sp³-hybridized carbons (Fsp3) is 0.250. The van der Waals surface area contributed by atoms with E-state index in [1.807, 2.05) is 0 Å². The first-order chi connectivity index (χ1) is 5.70. The van der Waals surface area contributed by atoms with Crippen molar-refractivity contribution in [3.63, 3.8) is 0 Å². The molecule has 0 unspecified atom stereocenters. The summed E-state index contributed by atoms with van der Waals surface area (Å²) in [5, 5.41) is 4.73. The van der Waals surface area contributed by atoms with Crippen molar-refractivity contribution in [1.29, 1.82) is 0 Å². The zero-order chi connectivity index (χ0) is 9.40. The highest BCUT2D eigenvalue weighted by Gasteiger charge is 2.00. The van der Waals surface area contributed by atoms with Gasteiger partial charge in [0.05, 0.1) is 6.54 Å². The molecule has 0 saturated heterocycles. The molecule has 0 saturated carbocycles. The van der Waals surface area contributed by atoms with E-state index in [2.05, 4.69) is 23.8 Å². The summed E-state index contributed by atoms with van der Waals surface area (Å²) in [5.74, 6) is -0.508. The van der Waals surface area contributed by atoms with Gasteiger partial charge in [-0.1, -0.05) is 12.7 Å². The third kappa shape index (κ3) is 5.22. The van der Waals surface area contributed by atoms with Gasteiger partial charge in [-0.15, -0.1) is 6.58 Å². The molecule has 0 bridgehead atoms. The van der Waals surface area contributed by atoms with Crippen LogP contribution >= 0.6 is 0 Å². The maximum atomic E-state index is 10.8. The van der Waals surface area contributed by atoms with Crippen molar-refractivity contribution < 1.29 is 9.59 Å². The third-order valence-corrected chi connectivity index (χ3v) is 1.04. The monoisotopic (exact) mass is 168 g/mol. The van der Waals surface area contributed by atoms with Gasteiger partial charge in [-0.05, 0) is 6.20 Å². The molecule has 0 atom stereocenters. The van der Waals surface area contributed by atoms with Crippen LogP contribution in [-0.4, -0.2) is 18.4 Å². The molecule has 0 aromatic carbocycles. The zero-order valence-electron chi connectivity index (χ0n) is 6.80. The van der Waals surface area contributed by atoms with Crippen molar-refractivity contribution in [3.8, 4) is 0 Å². The van der Waals surface area contributed by atoms with Crippen LogP contribution in [0.3, 0.4) is 0 Å². The summed E-state index contributed by atoms with van der Waals surface area (Å²) in [5.41, 5.74) is 0. The number of amides is 2. The summed E-state index contributed by atoms with van der Waals surface area (Å²) in [7, 11) is 0. The Hall–Kier alpha value is -1.58. The minimum Gasteiger partial charge on any atom is -0.347 e. The predicted molar refractivity (Wildman–Crippen MR) is 46.2 cm³/mol. The highest BCUT2D eigenvalue weighted by atomic mass is 16.2. The van der Waals surface area contributed by atoms with Crippen LogP contribution in [0.25, 0.3) is 0 Å². The molecule has 0 fully saturated rings. The van der Waals surface area contributed by atoms with Gasteiger partial charge in [-0.2, -0.15) is 0 Å². The van der Waals surface area contributed by atoms with Crippen molar-refractivity contribution in [1.82, 2.24) is 10.6 Å². The maximum Gasteiger partial charge on any atom is 0.243 e. The number of hydrogen-bond donors (Lipinski definition) is 2. The molecular weight excluding hydrogens is 156 g/mol. The van der Waals surface area contributed by atoms with E-state index in [0.717, 1.165) is 0 Å². The molecule has 0 aromatic rings. The van der Waals surface area contributed by atoms with E-state index in [1.54, 1.807) is 0 Å². The summed E-state index contributed by atoms with van der Waals surface area (Å²) in [4.78, 5) is 21.5. The van der Waals surface area contributed by atoms with Crippen LogP contribution in [0.15, 0.2) is 25.4 Å². The molecule has 4 nitrogen and oxygen atoms in total. The van der Waals surface area contributed by atoms with Gasteiger partial charge in [0.1, 0.15) is 0 Å². The summed E-state index contributed by atoms with van der Waals surface area (Å²) in [6.07, 6.45) is 2.96. The van der Waals surface area contributed by atoms with Crippen LogP contribution in [0.4, 0.5) is 0 Å². The Labute approximate surface area is 71.3 Å². The zero-order valence-corrected chi connectivity index (χ0v) is 6.80. The van der Waals surface area contributed by atoms with Gasteiger partial charge in [-0.3, -0.25) is 9.59 Å². The Bertz CT molecular complexity index is 177. The van der Waals surface area contributed by atoms with Gasteiger partial charge in [0.15, 0.2) is 0 Å². The molecule has 0 spiro atoms. The van der Waals surface area contributed by atoms with Crippen molar-refractivity contribution >= 4 is 11.8 Å². The second-order valence-electron chi connectivity index (χ2n) is 2.04. The largest absolute Gasteiger partial charge is 0.347 e.